The Morgan fingerprint density at radius 1 is 0.833 bits per heavy atom. The minimum absolute atomic E-state index is 0.0997. The standard InChI is InChI=1S/C22H41BTe/c1-3-5-9-18-22(24-19-6-4-2)23(20-14-10-7-11-15-20)21-16-12-8-13-17-21/h18,20-21H,3-17,19H2,1-2H3/b22-18-. The van der Waals surface area contributed by atoms with Gasteiger partial charge in [0.25, 0.3) is 0 Å². The van der Waals surface area contributed by atoms with E-state index in [2.05, 4.69) is 19.9 Å². The zero-order valence-corrected chi connectivity index (χ0v) is 18.9. The van der Waals surface area contributed by atoms with Gasteiger partial charge in [-0.05, 0) is 0 Å². The molecule has 2 aliphatic rings. The zero-order valence-electron chi connectivity index (χ0n) is 16.5. The molecule has 0 saturated heterocycles. The van der Waals surface area contributed by atoms with Crippen molar-refractivity contribution in [3.05, 3.63) is 9.60 Å². The molecule has 2 heteroatoms. The van der Waals surface area contributed by atoms with Crippen molar-refractivity contribution in [2.75, 3.05) is 0 Å². The Bertz CT molecular complexity index is 322. The monoisotopic (exact) mass is 446 g/mol. The molecule has 0 aromatic carbocycles. The van der Waals surface area contributed by atoms with Crippen LogP contribution in [0.25, 0.3) is 0 Å². The van der Waals surface area contributed by atoms with Gasteiger partial charge in [0.2, 0.25) is 0 Å². The van der Waals surface area contributed by atoms with Crippen LogP contribution in [-0.2, 0) is 0 Å². The summed E-state index contributed by atoms with van der Waals surface area (Å²) in [5, 5.41) is 0. The van der Waals surface area contributed by atoms with Crippen molar-refractivity contribution in [1.29, 1.82) is 0 Å². The summed E-state index contributed by atoms with van der Waals surface area (Å²) in [5.41, 5.74) is 0. The Morgan fingerprint density at radius 2 is 1.38 bits per heavy atom. The molecule has 0 N–H and O–H groups in total. The van der Waals surface area contributed by atoms with Crippen molar-refractivity contribution in [3.63, 3.8) is 0 Å². The second kappa shape index (κ2) is 12.9. The summed E-state index contributed by atoms with van der Waals surface area (Å²) < 4.78 is 3.61. The first-order chi connectivity index (χ1) is 11.9. The zero-order chi connectivity index (χ0) is 17.0. The van der Waals surface area contributed by atoms with E-state index in [1.807, 2.05) is 3.52 Å². The molecule has 0 nitrogen and oxygen atoms in total. The molecule has 0 atom stereocenters. The van der Waals surface area contributed by atoms with Gasteiger partial charge in [-0.3, -0.25) is 0 Å². The van der Waals surface area contributed by atoms with Gasteiger partial charge in [-0.1, -0.05) is 0 Å². The Hall–Kier alpha value is 0.595. The fourth-order valence-electron chi connectivity index (χ4n) is 4.91. The van der Waals surface area contributed by atoms with Gasteiger partial charge in [0.1, 0.15) is 0 Å². The van der Waals surface area contributed by atoms with E-state index in [-0.39, 0.29) is 20.9 Å². The van der Waals surface area contributed by atoms with Crippen LogP contribution in [0.2, 0.25) is 16.1 Å². The van der Waals surface area contributed by atoms with E-state index >= 15 is 0 Å². The first-order valence-corrected chi connectivity index (χ1v) is 14.0. The van der Waals surface area contributed by atoms with Gasteiger partial charge < -0.3 is 0 Å². The van der Waals surface area contributed by atoms with Crippen LogP contribution in [-0.4, -0.2) is 27.6 Å². The van der Waals surface area contributed by atoms with Gasteiger partial charge in [-0.25, -0.2) is 0 Å². The number of hydrogen-bond acceptors (Lipinski definition) is 0. The average Bonchev–Trinajstić information content (AvgIpc) is 2.64. The van der Waals surface area contributed by atoms with E-state index in [4.69, 9.17) is 0 Å². The maximum atomic E-state index is 2.79. The molecule has 2 saturated carbocycles. The van der Waals surface area contributed by atoms with Gasteiger partial charge in [-0.2, -0.15) is 0 Å². The van der Waals surface area contributed by atoms with Gasteiger partial charge in [0, 0.05) is 0 Å². The minimum atomic E-state index is 0.0997. The second-order valence-corrected chi connectivity index (χ2v) is 11.6. The van der Waals surface area contributed by atoms with Crippen LogP contribution in [0, 0.1) is 0 Å². The van der Waals surface area contributed by atoms with Crippen LogP contribution in [0.5, 0.6) is 0 Å². The van der Waals surface area contributed by atoms with E-state index < -0.39 is 0 Å². The van der Waals surface area contributed by atoms with E-state index in [0.29, 0.717) is 0 Å². The maximum absolute atomic E-state index is 2.79. The molecule has 0 spiro atoms. The summed E-state index contributed by atoms with van der Waals surface area (Å²) in [5.74, 6) is 2.11. The molecule has 0 radical (unpaired) electrons. The second-order valence-electron chi connectivity index (χ2n) is 8.27. The molecule has 0 aromatic heterocycles. The summed E-state index contributed by atoms with van der Waals surface area (Å²) in [6.07, 6.45) is 25.1. The van der Waals surface area contributed by atoms with Gasteiger partial charge >= 0.3 is 163 Å². The Balaban J connectivity index is 2.11. The quantitative estimate of drug-likeness (QED) is 0.240. The van der Waals surface area contributed by atoms with Crippen LogP contribution in [0.15, 0.2) is 9.60 Å². The molecule has 24 heavy (non-hydrogen) atoms. The van der Waals surface area contributed by atoms with Crippen molar-refractivity contribution >= 4 is 27.6 Å². The fraction of sp³-hybridized carbons (Fsp3) is 0.909. The molecule has 2 aliphatic carbocycles. The molecule has 2 rings (SSSR count). The number of allylic oxidation sites excluding steroid dienone is 1. The van der Waals surface area contributed by atoms with Crippen LogP contribution in [0.4, 0.5) is 0 Å². The summed E-state index contributed by atoms with van der Waals surface area (Å²) in [6, 6.07) is 0. The van der Waals surface area contributed by atoms with E-state index in [0.717, 1.165) is 18.3 Å². The fourth-order valence-corrected chi connectivity index (χ4v) is 9.14. The molecule has 0 aromatic rings. The third kappa shape index (κ3) is 7.07. The molecule has 2 fully saturated rings. The van der Waals surface area contributed by atoms with Crippen molar-refractivity contribution in [3.8, 4) is 0 Å². The summed E-state index contributed by atoms with van der Waals surface area (Å²) in [4.78, 5) is 0. The van der Waals surface area contributed by atoms with E-state index in [1.165, 1.54) is 70.6 Å². The topological polar surface area (TPSA) is 0 Å². The van der Waals surface area contributed by atoms with Gasteiger partial charge in [0.05, 0.1) is 0 Å². The molecule has 0 aliphatic heterocycles. The molecule has 0 unspecified atom stereocenters. The molecule has 0 amide bonds. The number of unbranched alkanes of at least 4 members (excludes halogenated alkanes) is 3. The van der Waals surface area contributed by atoms with Crippen molar-refractivity contribution < 1.29 is 0 Å². The SMILES string of the molecule is CCCC/C=C(\[Te]CCCC)B(C1CCCCC1)C1CCCCC1. The van der Waals surface area contributed by atoms with E-state index in [9.17, 15) is 0 Å². The Labute approximate surface area is 163 Å². The van der Waals surface area contributed by atoms with Crippen LogP contribution in [0.1, 0.15) is 110 Å². The third-order valence-corrected chi connectivity index (χ3v) is 9.92. The summed E-state index contributed by atoms with van der Waals surface area (Å²) in [7, 11) is 0. The van der Waals surface area contributed by atoms with Crippen LogP contribution in [0.3, 0.4) is 0 Å². The molecule has 138 valence electrons. The molecule has 0 heterocycles. The van der Waals surface area contributed by atoms with Gasteiger partial charge in [0.15, 0.2) is 0 Å². The van der Waals surface area contributed by atoms with Gasteiger partial charge in [-0.15, -0.1) is 0 Å². The average molecular weight is 444 g/mol. The van der Waals surface area contributed by atoms with Crippen LogP contribution < -0.4 is 0 Å². The number of hydrogen-bond donors (Lipinski definition) is 0. The molecular weight excluding hydrogens is 403 g/mol. The molecular formula is C22H41BTe. The number of rotatable bonds is 10. The predicted octanol–water partition coefficient (Wildman–Crippen LogP) is 7.69. The van der Waals surface area contributed by atoms with E-state index in [1.54, 1.807) is 30.2 Å². The first kappa shape index (κ1) is 20.9. The third-order valence-electron chi connectivity index (χ3n) is 6.31. The summed E-state index contributed by atoms with van der Waals surface area (Å²) >= 11 is 0.0997. The normalized spacial score (nSPS) is 21.2. The summed E-state index contributed by atoms with van der Waals surface area (Å²) in [6.45, 7) is 5.73. The Kier molecular flexibility index (Phi) is 11.2. The Morgan fingerprint density at radius 3 is 1.88 bits per heavy atom. The van der Waals surface area contributed by atoms with Crippen molar-refractivity contribution in [2.45, 2.75) is 126 Å². The first-order valence-electron chi connectivity index (χ1n) is 11.2. The van der Waals surface area contributed by atoms with Crippen molar-refractivity contribution in [2.24, 2.45) is 0 Å². The molecule has 0 bridgehead atoms. The van der Waals surface area contributed by atoms with Crippen LogP contribution >= 0.6 is 0 Å². The van der Waals surface area contributed by atoms with Crippen molar-refractivity contribution in [1.82, 2.24) is 0 Å². The predicted molar refractivity (Wildman–Crippen MR) is 113 cm³/mol.